The lowest BCUT2D eigenvalue weighted by Gasteiger charge is -2.31. The molecule has 2 rings (SSSR count). The van der Waals surface area contributed by atoms with Gasteiger partial charge in [-0.2, -0.15) is 0 Å². The fourth-order valence-electron chi connectivity index (χ4n) is 2.66. The summed E-state index contributed by atoms with van der Waals surface area (Å²) in [6.07, 6.45) is 2.95. The molecule has 3 nitrogen and oxygen atoms in total. The second kappa shape index (κ2) is 5.41. The van der Waals surface area contributed by atoms with E-state index in [1.165, 1.54) is 10.4 Å². The van der Waals surface area contributed by atoms with Crippen LogP contribution in [0.2, 0.25) is 0 Å². The lowest BCUT2D eigenvalue weighted by molar-refractivity contribution is -0.137. The van der Waals surface area contributed by atoms with Gasteiger partial charge < -0.3 is 10.2 Å². The van der Waals surface area contributed by atoms with Gasteiger partial charge in [0.1, 0.15) is 0 Å². The number of hydrogen-bond acceptors (Lipinski definition) is 3. The van der Waals surface area contributed by atoms with Gasteiger partial charge in [-0.1, -0.05) is 6.92 Å². The molecule has 0 radical (unpaired) electrons. The minimum Gasteiger partial charge on any atom is -0.339 e. The first-order valence-electron chi connectivity index (χ1n) is 6.62. The molecule has 0 aliphatic carbocycles. The molecule has 4 heteroatoms. The summed E-state index contributed by atoms with van der Waals surface area (Å²) in [7, 11) is 1.92. The van der Waals surface area contributed by atoms with Gasteiger partial charge in [-0.05, 0) is 49.7 Å². The molecule has 1 aromatic heterocycles. The Labute approximate surface area is 113 Å². The highest BCUT2D eigenvalue weighted by Gasteiger charge is 2.40. The fourth-order valence-corrected chi connectivity index (χ4v) is 3.62. The summed E-state index contributed by atoms with van der Waals surface area (Å²) in [5, 5.41) is 5.50. The zero-order valence-electron chi connectivity index (χ0n) is 11.5. The van der Waals surface area contributed by atoms with Crippen molar-refractivity contribution >= 4 is 17.2 Å². The fraction of sp³-hybridized carbons (Fsp3) is 0.643. The summed E-state index contributed by atoms with van der Waals surface area (Å²) in [6, 6.07) is 2.11. The van der Waals surface area contributed by atoms with Crippen molar-refractivity contribution in [2.75, 3.05) is 13.6 Å². The highest BCUT2D eigenvalue weighted by molar-refractivity contribution is 7.10. The zero-order chi connectivity index (χ0) is 13.2. The molecule has 0 saturated carbocycles. The SMILES string of the molecule is CCC1(C(=O)N(C)Cc2sccc2C)CCCN1. The van der Waals surface area contributed by atoms with E-state index in [2.05, 4.69) is 30.6 Å². The molecule has 18 heavy (non-hydrogen) atoms. The Morgan fingerprint density at radius 1 is 1.61 bits per heavy atom. The van der Waals surface area contributed by atoms with Gasteiger partial charge in [0.25, 0.3) is 0 Å². The third kappa shape index (κ3) is 2.45. The lowest BCUT2D eigenvalue weighted by atomic mass is 9.92. The molecule has 0 aromatic carbocycles. The maximum absolute atomic E-state index is 12.6. The molecule has 1 atom stereocenters. The molecule has 0 spiro atoms. The molecule has 1 aromatic rings. The number of rotatable bonds is 4. The second-order valence-electron chi connectivity index (χ2n) is 5.15. The number of likely N-dealkylation sites (N-methyl/N-ethyl adjacent to an activating group) is 1. The standard InChI is InChI=1S/C14H22N2OS/c1-4-14(7-5-8-15-14)13(17)16(3)10-12-11(2)6-9-18-12/h6,9,15H,4-5,7-8,10H2,1-3H3. The first kappa shape index (κ1) is 13.6. The Kier molecular flexibility index (Phi) is 4.07. The smallest absolute Gasteiger partial charge is 0.242 e. The van der Waals surface area contributed by atoms with Crippen LogP contribution in [-0.2, 0) is 11.3 Å². The Balaban J connectivity index is 2.06. The topological polar surface area (TPSA) is 32.3 Å². The maximum atomic E-state index is 12.6. The summed E-state index contributed by atoms with van der Waals surface area (Å²) in [4.78, 5) is 15.8. The molecule has 1 amide bonds. The van der Waals surface area contributed by atoms with Gasteiger partial charge in [0.15, 0.2) is 0 Å². The van der Waals surface area contributed by atoms with Gasteiger partial charge in [0.05, 0.1) is 12.1 Å². The van der Waals surface area contributed by atoms with E-state index in [9.17, 15) is 4.79 Å². The van der Waals surface area contributed by atoms with Gasteiger partial charge in [-0.15, -0.1) is 11.3 Å². The predicted octanol–water partition coefficient (Wildman–Crippen LogP) is 2.55. The number of nitrogens with zero attached hydrogens (tertiary/aromatic N) is 1. The molecule has 100 valence electrons. The summed E-state index contributed by atoms with van der Waals surface area (Å²) < 4.78 is 0. The van der Waals surface area contributed by atoms with Crippen molar-refractivity contribution in [1.29, 1.82) is 0 Å². The van der Waals surface area contributed by atoms with Crippen LogP contribution in [0, 0.1) is 6.92 Å². The Morgan fingerprint density at radius 2 is 2.39 bits per heavy atom. The van der Waals surface area contributed by atoms with Crippen LogP contribution >= 0.6 is 11.3 Å². The van der Waals surface area contributed by atoms with Crippen molar-refractivity contribution in [3.8, 4) is 0 Å². The molecular formula is C14H22N2OS. The normalized spacial score (nSPS) is 23.3. The van der Waals surface area contributed by atoms with E-state index in [0.29, 0.717) is 0 Å². The molecule has 0 bridgehead atoms. The summed E-state index contributed by atoms with van der Waals surface area (Å²) >= 11 is 1.73. The Hall–Kier alpha value is -0.870. The van der Waals surface area contributed by atoms with Crippen molar-refractivity contribution in [2.24, 2.45) is 0 Å². The number of thiophene rings is 1. The molecular weight excluding hydrogens is 244 g/mol. The molecule has 1 fully saturated rings. The number of nitrogens with one attached hydrogen (secondary N) is 1. The summed E-state index contributed by atoms with van der Waals surface area (Å²) in [5.41, 5.74) is 0.976. The molecule has 1 unspecified atom stereocenters. The third-order valence-corrected chi connectivity index (χ3v) is 4.96. The van der Waals surface area contributed by atoms with Gasteiger partial charge in [-0.3, -0.25) is 4.79 Å². The van der Waals surface area contributed by atoms with Gasteiger partial charge >= 0.3 is 0 Å². The average Bonchev–Trinajstić information content (AvgIpc) is 2.99. The van der Waals surface area contributed by atoms with Gasteiger partial charge in [0.2, 0.25) is 5.91 Å². The predicted molar refractivity (Wildman–Crippen MR) is 75.8 cm³/mol. The van der Waals surface area contributed by atoms with E-state index in [-0.39, 0.29) is 11.4 Å². The number of aryl methyl sites for hydroxylation is 1. The monoisotopic (exact) mass is 266 g/mol. The van der Waals surface area contributed by atoms with Crippen LogP contribution in [-0.4, -0.2) is 29.9 Å². The second-order valence-corrected chi connectivity index (χ2v) is 6.15. The van der Waals surface area contributed by atoms with E-state index in [1.54, 1.807) is 11.3 Å². The van der Waals surface area contributed by atoms with Crippen LogP contribution in [0.15, 0.2) is 11.4 Å². The average molecular weight is 266 g/mol. The van der Waals surface area contributed by atoms with Crippen LogP contribution in [0.1, 0.15) is 36.6 Å². The molecule has 1 N–H and O–H groups in total. The highest BCUT2D eigenvalue weighted by atomic mass is 32.1. The first-order chi connectivity index (χ1) is 8.59. The van der Waals surface area contributed by atoms with Crippen molar-refractivity contribution in [1.82, 2.24) is 10.2 Å². The minimum atomic E-state index is -0.306. The molecule has 1 saturated heterocycles. The minimum absolute atomic E-state index is 0.246. The first-order valence-corrected chi connectivity index (χ1v) is 7.50. The van der Waals surface area contributed by atoms with E-state index >= 15 is 0 Å². The van der Waals surface area contributed by atoms with Crippen LogP contribution < -0.4 is 5.32 Å². The highest BCUT2D eigenvalue weighted by Crippen LogP contribution is 2.26. The van der Waals surface area contributed by atoms with Crippen molar-refractivity contribution in [3.05, 3.63) is 21.9 Å². The van der Waals surface area contributed by atoms with Crippen LogP contribution in [0.3, 0.4) is 0 Å². The molecule has 2 heterocycles. The maximum Gasteiger partial charge on any atom is 0.242 e. The Bertz CT molecular complexity index is 421. The van der Waals surface area contributed by atoms with Crippen LogP contribution in [0.25, 0.3) is 0 Å². The van der Waals surface area contributed by atoms with Crippen molar-refractivity contribution in [2.45, 2.75) is 45.2 Å². The lowest BCUT2D eigenvalue weighted by Crippen LogP contribution is -2.53. The van der Waals surface area contributed by atoms with Gasteiger partial charge in [0, 0.05) is 11.9 Å². The van der Waals surface area contributed by atoms with E-state index in [4.69, 9.17) is 0 Å². The number of carbonyl (C=O) groups is 1. The number of hydrogen-bond donors (Lipinski definition) is 1. The largest absolute Gasteiger partial charge is 0.339 e. The van der Waals surface area contributed by atoms with Crippen molar-refractivity contribution in [3.63, 3.8) is 0 Å². The summed E-state index contributed by atoms with van der Waals surface area (Å²) in [5.74, 6) is 0.246. The van der Waals surface area contributed by atoms with Crippen LogP contribution in [0.4, 0.5) is 0 Å². The Morgan fingerprint density at radius 3 is 2.89 bits per heavy atom. The van der Waals surface area contributed by atoms with Gasteiger partial charge in [-0.25, -0.2) is 0 Å². The third-order valence-electron chi connectivity index (χ3n) is 3.95. The number of carbonyl (C=O) groups excluding carboxylic acids is 1. The van der Waals surface area contributed by atoms with E-state index < -0.39 is 0 Å². The molecule has 1 aliphatic rings. The van der Waals surface area contributed by atoms with Crippen LogP contribution in [0.5, 0.6) is 0 Å². The van der Waals surface area contributed by atoms with E-state index in [0.717, 1.165) is 32.4 Å². The molecule has 1 aliphatic heterocycles. The quantitative estimate of drug-likeness (QED) is 0.908. The zero-order valence-corrected chi connectivity index (χ0v) is 12.3. The van der Waals surface area contributed by atoms with Crippen molar-refractivity contribution < 1.29 is 4.79 Å². The number of amides is 1. The van der Waals surface area contributed by atoms with E-state index in [1.807, 2.05) is 11.9 Å². The summed E-state index contributed by atoms with van der Waals surface area (Å²) in [6.45, 7) is 5.89.